The first-order chi connectivity index (χ1) is 24.4. The van der Waals surface area contributed by atoms with Crippen molar-refractivity contribution in [2.45, 2.75) is 116 Å². The van der Waals surface area contributed by atoms with Crippen LogP contribution in [-0.2, 0) is 26.5 Å². The summed E-state index contributed by atoms with van der Waals surface area (Å²) in [6, 6.07) is 8.24. The van der Waals surface area contributed by atoms with E-state index in [1.54, 1.807) is 12.2 Å². The molecule has 4 aromatic rings. The molecular weight excluding hydrogens is 649 g/mol. The van der Waals surface area contributed by atoms with E-state index in [1.165, 1.54) is 22.5 Å². The predicted octanol–water partition coefficient (Wildman–Crippen LogP) is 9.07. The molecule has 0 spiro atoms. The zero-order valence-electron chi connectivity index (χ0n) is 32.0. The molecule has 2 aromatic heterocycles. The van der Waals surface area contributed by atoms with Crippen LogP contribution in [0.3, 0.4) is 0 Å². The molecule has 0 radical (unpaired) electrons. The summed E-state index contributed by atoms with van der Waals surface area (Å²) in [6.45, 7) is 22.2. The number of hydrogen-bond acceptors (Lipinski definition) is 7. The van der Waals surface area contributed by atoms with Gasteiger partial charge in [0.1, 0.15) is 11.2 Å². The number of nitrogens with zero attached hydrogens (tertiary/aromatic N) is 2. The number of carbonyl (C=O) groups excluding carboxylic acids is 1. The Morgan fingerprint density at radius 1 is 0.538 bits per heavy atom. The molecule has 0 amide bonds. The van der Waals surface area contributed by atoms with Crippen LogP contribution in [0.1, 0.15) is 127 Å². The molecule has 2 aromatic carbocycles. The summed E-state index contributed by atoms with van der Waals surface area (Å²) in [5.74, 6) is -0.143. The third kappa shape index (κ3) is 4.86. The van der Waals surface area contributed by atoms with Crippen molar-refractivity contribution in [3.8, 4) is 0 Å². The van der Waals surface area contributed by atoms with E-state index in [0.717, 1.165) is 73.8 Å². The van der Waals surface area contributed by atoms with Crippen LogP contribution < -0.4 is 21.1 Å². The first kappa shape index (κ1) is 33.4. The van der Waals surface area contributed by atoms with Crippen LogP contribution in [-0.4, -0.2) is 32.0 Å². The van der Waals surface area contributed by atoms with Gasteiger partial charge in [-0.1, -0.05) is 55.4 Å². The van der Waals surface area contributed by atoms with Crippen molar-refractivity contribution >= 4 is 51.2 Å². The summed E-state index contributed by atoms with van der Waals surface area (Å²) < 4.78 is 12.4. The zero-order chi connectivity index (χ0) is 36.7. The lowest BCUT2D eigenvalue weighted by atomic mass is 9.69. The van der Waals surface area contributed by atoms with Crippen molar-refractivity contribution < 1.29 is 13.6 Å². The average Bonchev–Trinajstić information content (AvgIpc) is 3.40. The van der Waals surface area contributed by atoms with Gasteiger partial charge in [-0.15, -0.1) is 0 Å². The van der Waals surface area contributed by atoms with Gasteiger partial charge in [-0.25, -0.2) is 9.59 Å². The quantitative estimate of drug-likeness (QED) is 0.153. The van der Waals surface area contributed by atoms with Crippen LogP contribution in [0.15, 0.2) is 53.8 Å². The van der Waals surface area contributed by atoms with Crippen molar-refractivity contribution in [1.29, 1.82) is 0 Å². The van der Waals surface area contributed by atoms with Crippen molar-refractivity contribution in [1.82, 2.24) is 0 Å². The molecule has 1 aliphatic carbocycles. The lowest BCUT2D eigenvalue weighted by molar-refractivity contribution is -0.111. The van der Waals surface area contributed by atoms with Crippen LogP contribution >= 0.6 is 0 Å². The van der Waals surface area contributed by atoms with E-state index in [9.17, 15) is 14.4 Å². The monoisotopic (exact) mass is 698 g/mol. The van der Waals surface area contributed by atoms with Crippen LogP contribution in [0.4, 0.5) is 11.4 Å². The molecule has 7 heteroatoms. The maximum Gasteiger partial charge on any atom is 0.343 e. The number of benzene rings is 2. The zero-order valence-corrected chi connectivity index (χ0v) is 32.0. The van der Waals surface area contributed by atoms with Gasteiger partial charge in [0.05, 0.1) is 11.1 Å². The number of allylic oxidation sites excluding steroid dienone is 2. The summed E-state index contributed by atoms with van der Waals surface area (Å²) in [6.07, 6.45) is 8.50. The van der Waals surface area contributed by atoms with E-state index in [-0.39, 0.29) is 27.4 Å². The molecule has 9 rings (SSSR count). The number of rotatable bonds is 2. The Kier molecular flexibility index (Phi) is 6.97. The highest BCUT2D eigenvalue weighted by atomic mass is 16.4. The number of Topliss-reactive ketones (excluding diaryl/α,β-unsaturated/α-hetero) is 1. The van der Waals surface area contributed by atoms with Gasteiger partial charge >= 0.3 is 11.3 Å². The van der Waals surface area contributed by atoms with Gasteiger partial charge in [0, 0.05) is 70.6 Å². The minimum Gasteiger partial charge on any atom is -0.422 e. The maximum atomic E-state index is 13.9. The summed E-state index contributed by atoms with van der Waals surface area (Å²) in [5.41, 5.74) is 9.37. The maximum absolute atomic E-state index is 13.9. The topological polar surface area (TPSA) is 84.0 Å². The van der Waals surface area contributed by atoms with E-state index in [0.29, 0.717) is 46.3 Å². The summed E-state index contributed by atoms with van der Waals surface area (Å²) in [7, 11) is 0. The molecule has 0 atom stereocenters. The Hall–Kier alpha value is -4.39. The normalized spacial score (nSPS) is 23.8. The second-order valence-electron chi connectivity index (χ2n) is 18.8. The summed E-state index contributed by atoms with van der Waals surface area (Å²) in [4.78, 5) is 46.0. The lowest BCUT2D eigenvalue weighted by Gasteiger charge is -2.48. The molecular formula is C45H50N2O5. The Bertz CT molecular complexity index is 2280. The molecule has 5 aliphatic rings. The van der Waals surface area contributed by atoms with Gasteiger partial charge in [-0.05, 0) is 108 Å². The van der Waals surface area contributed by atoms with Gasteiger partial charge in [-0.2, -0.15) is 0 Å². The second kappa shape index (κ2) is 10.8. The molecule has 6 heterocycles. The van der Waals surface area contributed by atoms with Gasteiger partial charge in [0.2, 0.25) is 0 Å². The molecule has 1 fully saturated rings. The van der Waals surface area contributed by atoms with Gasteiger partial charge in [-0.3, -0.25) is 4.79 Å². The van der Waals surface area contributed by atoms with Gasteiger partial charge < -0.3 is 18.6 Å². The lowest BCUT2D eigenvalue weighted by Crippen LogP contribution is -2.44. The molecule has 1 saturated carbocycles. The fourth-order valence-corrected chi connectivity index (χ4v) is 9.89. The smallest absolute Gasteiger partial charge is 0.343 e. The van der Waals surface area contributed by atoms with Crippen molar-refractivity contribution in [3.63, 3.8) is 0 Å². The first-order valence-corrected chi connectivity index (χ1v) is 19.2. The fourth-order valence-electron chi connectivity index (χ4n) is 9.89. The van der Waals surface area contributed by atoms with Crippen molar-refractivity contribution in [3.05, 3.63) is 89.6 Å². The highest BCUT2D eigenvalue weighted by Gasteiger charge is 2.43. The van der Waals surface area contributed by atoms with Crippen LogP contribution in [0.5, 0.6) is 0 Å². The summed E-state index contributed by atoms with van der Waals surface area (Å²) in [5, 5.41) is 1.80. The first-order valence-electron chi connectivity index (χ1n) is 19.2. The molecule has 0 unspecified atom stereocenters. The SMILES string of the molecule is CC1(C)CCN2CCC(C)(C)c3c2c1cc1cc(/C=C2\CC/C(=C\c4cc5cc6c7c(c5oc4=O)C(C)(C)CCN7CCC6(C)C)C2=O)c(=O)oc31. The fraction of sp³-hybridized carbons (Fsp3) is 0.489. The highest BCUT2D eigenvalue weighted by Crippen LogP contribution is 2.53. The van der Waals surface area contributed by atoms with E-state index in [2.05, 4.69) is 77.3 Å². The van der Waals surface area contributed by atoms with Crippen LogP contribution in [0, 0.1) is 0 Å². The van der Waals surface area contributed by atoms with Crippen molar-refractivity contribution in [2.75, 3.05) is 36.0 Å². The molecule has 270 valence electrons. The van der Waals surface area contributed by atoms with E-state index >= 15 is 0 Å². The minimum absolute atomic E-state index is 0.00327. The van der Waals surface area contributed by atoms with E-state index in [1.807, 2.05) is 12.1 Å². The highest BCUT2D eigenvalue weighted by molar-refractivity contribution is 6.15. The molecule has 0 bridgehead atoms. The Labute approximate surface area is 305 Å². The van der Waals surface area contributed by atoms with E-state index < -0.39 is 11.3 Å². The molecule has 7 nitrogen and oxygen atoms in total. The second-order valence-corrected chi connectivity index (χ2v) is 18.8. The van der Waals surface area contributed by atoms with Crippen LogP contribution in [0.25, 0.3) is 34.1 Å². The largest absolute Gasteiger partial charge is 0.422 e. The number of ketones is 1. The minimum atomic E-state index is -0.434. The number of fused-ring (bicyclic) bond motifs is 4. The Morgan fingerprint density at radius 2 is 0.904 bits per heavy atom. The van der Waals surface area contributed by atoms with Gasteiger partial charge in [0.15, 0.2) is 5.78 Å². The average molecular weight is 699 g/mol. The number of hydrogen-bond donors (Lipinski definition) is 0. The van der Waals surface area contributed by atoms with E-state index in [4.69, 9.17) is 8.83 Å². The molecule has 0 N–H and O–H groups in total. The van der Waals surface area contributed by atoms with Gasteiger partial charge in [0.25, 0.3) is 0 Å². The molecule has 4 aliphatic heterocycles. The third-order valence-corrected chi connectivity index (χ3v) is 13.4. The summed E-state index contributed by atoms with van der Waals surface area (Å²) >= 11 is 0. The number of anilines is 2. The third-order valence-electron chi connectivity index (χ3n) is 13.4. The Balaban J connectivity index is 1.11. The standard InChI is InChI=1S/C45H50N2O5/c1-42(2)11-15-46-17-13-44(5,6)33-35(46)31(42)23-27-21-29(40(49)51-38(27)33)19-25-9-10-26(37(25)48)20-30-22-28-24-32-36-34(39(28)52-41(30)50)45(7,8)14-18-47(36)16-12-43(32,3)4/h19-24H,9-18H2,1-8H3/b25-19+,26-20+. The number of carbonyl (C=O) groups is 1. The van der Waals surface area contributed by atoms with Crippen LogP contribution in [0.2, 0.25) is 0 Å². The van der Waals surface area contributed by atoms with Crippen molar-refractivity contribution in [2.24, 2.45) is 0 Å². The molecule has 0 saturated heterocycles. The predicted molar refractivity (Wildman–Crippen MR) is 210 cm³/mol. The Morgan fingerprint density at radius 3 is 1.29 bits per heavy atom. The molecule has 52 heavy (non-hydrogen) atoms.